The normalized spacial score (nSPS) is 10.4. The fraction of sp³-hybridized carbons (Fsp3) is 0.182. The van der Waals surface area contributed by atoms with Crippen LogP contribution >= 0.6 is 0 Å². The fourth-order valence-corrected chi connectivity index (χ4v) is 2.72. The van der Waals surface area contributed by atoms with Gasteiger partial charge >= 0.3 is 0 Å². The van der Waals surface area contributed by atoms with Gasteiger partial charge in [0, 0.05) is 44.3 Å². The maximum Gasteiger partial charge on any atom is 0.272 e. The van der Waals surface area contributed by atoms with E-state index >= 15 is 0 Å². The number of hydrogen-bond donors (Lipinski definition) is 1. The Bertz CT molecular complexity index is 978. The third-order valence-corrected chi connectivity index (χ3v) is 4.44. The number of benzene rings is 1. The molecule has 0 spiro atoms. The topological polar surface area (TPSA) is 75.2 Å². The van der Waals surface area contributed by atoms with Crippen molar-refractivity contribution in [1.29, 1.82) is 0 Å². The molecule has 0 saturated carbocycles. The van der Waals surface area contributed by atoms with Gasteiger partial charge in [-0.15, -0.1) is 0 Å². The van der Waals surface area contributed by atoms with Crippen molar-refractivity contribution in [1.82, 2.24) is 20.2 Å². The Morgan fingerprint density at radius 2 is 1.72 bits per heavy atom. The van der Waals surface area contributed by atoms with Gasteiger partial charge in [0.25, 0.3) is 11.8 Å². The summed E-state index contributed by atoms with van der Waals surface area (Å²) in [6.07, 6.45) is 5.57. The molecule has 0 atom stereocenters. The molecular formula is C22H21FN4O2. The van der Waals surface area contributed by atoms with Crippen molar-refractivity contribution in [2.24, 2.45) is 0 Å². The minimum absolute atomic E-state index is 0.205. The summed E-state index contributed by atoms with van der Waals surface area (Å²) in [5.41, 5.74) is 2.41. The summed E-state index contributed by atoms with van der Waals surface area (Å²) < 4.78 is 13.0. The van der Waals surface area contributed by atoms with Crippen LogP contribution in [-0.2, 0) is 13.0 Å². The summed E-state index contributed by atoms with van der Waals surface area (Å²) in [4.78, 5) is 34.7. The Hall–Kier alpha value is -3.61. The smallest absolute Gasteiger partial charge is 0.272 e. The van der Waals surface area contributed by atoms with Gasteiger partial charge in [-0.25, -0.2) is 4.39 Å². The van der Waals surface area contributed by atoms with Crippen molar-refractivity contribution in [3.8, 4) is 0 Å². The second-order valence-corrected chi connectivity index (χ2v) is 6.57. The van der Waals surface area contributed by atoms with E-state index in [2.05, 4.69) is 15.3 Å². The zero-order chi connectivity index (χ0) is 20.6. The van der Waals surface area contributed by atoms with E-state index in [1.54, 1.807) is 42.5 Å². The summed E-state index contributed by atoms with van der Waals surface area (Å²) in [5, 5.41) is 2.76. The van der Waals surface area contributed by atoms with Gasteiger partial charge in [0.05, 0.1) is 0 Å². The molecular weight excluding hydrogens is 371 g/mol. The first kappa shape index (κ1) is 20.1. The van der Waals surface area contributed by atoms with E-state index in [1.165, 1.54) is 24.4 Å². The number of carbonyl (C=O) groups is 2. The first-order valence-electron chi connectivity index (χ1n) is 9.16. The molecule has 2 aromatic heterocycles. The number of likely N-dealkylation sites (N-methyl/N-ethyl adjacent to an activating group) is 1. The van der Waals surface area contributed by atoms with Gasteiger partial charge in [-0.1, -0.05) is 12.1 Å². The van der Waals surface area contributed by atoms with Crippen LogP contribution in [0.2, 0.25) is 0 Å². The molecule has 148 valence electrons. The quantitative estimate of drug-likeness (QED) is 0.671. The summed E-state index contributed by atoms with van der Waals surface area (Å²) in [6.45, 7) is 0.780. The van der Waals surface area contributed by atoms with E-state index < -0.39 is 0 Å². The van der Waals surface area contributed by atoms with Crippen molar-refractivity contribution in [2.45, 2.75) is 13.0 Å². The predicted octanol–water partition coefficient (Wildman–Crippen LogP) is 2.86. The molecule has 1 N–H and O–H groups in total. The van der Waals surface area contributed by atoms with Gasteiger partial charge in [-0.3, -0.25) is 19.6 Å². The summed E-state index contributed by atoms with van der Waals surface area (Å²) in [6, 6.07) is 12.7. The Morgan fingerprint density at radius 1 is 1.00 bits per heavy atom. The van der Waals surface area contributed by atoms with Gasteiger partial charge in [-0.05, 0) is 53.9 Å². The lowest BCUT2D eigenvalue weighted by molar-refractivity contribution is 0.0791. The van der Waals surface area contributed by atoms with Gasteiger partial charge < -0.3 is 10.2 Å². The van der Waals surface area contributed by atoms with Crippen LogP contribution in [0.25, 0.3) is 0 Å². The number of aromatic nitrogens is 2. The van der Waals surface area contributed by atoms with E-state index in [-0.39, 0.29) is 29.9 Å². The molecule has 2 amide bonds. The van der Waals surface area contributed by atoms with Gasteiger partial charge in [0.2, 0.25) is 0 Å². The number of rotatable bonds is 7. The predicted molar refractivity (Wildman–Crippen MR) is 107 cm³/mol. The van der Waals surface area contributed by atoms with E-state index in [1.807, 2.05) is 12.1 Å². The SMILES string of the molecule is CN(CCc1ccncc1)C(=O)c1cc(C(=O)NCc2ccc(F)cc2)ccn1. The standard InChI is InChI=1S/C22H21FN4O2/c1-27(13-9-16-6-10-24-11-7-16)22(29)20-14-18(8-12-25-20)21(28)26-15-17-2-4-19(23)5-3-17/h2-8,10-12,14H,9,13,15H2,1H3,(H,26,28). The minimum Gasteiger partial charge on any atom is -0.348 e. The number of carbonyl (C=O) groups excluding carboxylic acids is 2. The Labute approximate surface area is 168 Å². The Balaban J connectivity index is 1.59. The number of hydrogen-bond acceptors (Lipinski definition) is 4. The van der Waals surface area contributed by atoms with E-state index in [4.69, 9.17) is 0 Å². The van der Waals surface area contributed by atoms with Crippen molar-refractivity contribution in [3.05, 3.63) is 95.3 Å². The molecule has 0 fully saturated rings. The van der Waals surface area contributed by atoms with Crippen molar-refractivity contribution >= 4 is 11.8 Å². The molecule has 2 heterocycles. The van der Waals surface area contributed by atoms with Crippen molar-refractivity contribution in [2.75, 3.05) is 13.6 Å². The average molecular weight is 392 g/mol. The Kier molecular flexibility index (Phi) is 6.63. The number of nitrogens with one attached hydrogen (secondary N) is 1. The van der Waals surface area contributed by atoms with Crippen LogP contribution in [0.4, 0.5) is 4.39 Å². The highest BCUT2D eigenvalue weighted by atomic mass is 19.1. The molecule has 29 heavy (non-hydrogen) atoms. The summed E-state index contributed by atoms with van der Waals surface area (Å²) in [7, 11) is 1.70. The zero-order valence-electron chi connectivity index (χ0n) is 16.0. The second kappa shape index (κ2) is 9.54. The highest BCUT2D eigenvalue weighted by Gasteiger charge is 2.15. The minimum atomic E-state index is -0.329. The number of amides is 2. The molecule has 0 radical (unpaired) electrons. The second-order valence-electron chi connectivity index (χ2n) is 6.57. The molecule has 3 aromatic rings. The van der Waals surface area contributed by atoms with Crippen molar-refractivity contribution in [3.63, 3.8) is 0 Å². The zero-order valence-corrected chi connectivity index (χ0v) is 16.0. The summed E-state index contributed by atoms with van der Waals surface area (Å²) >= 11 is 0. The lowest BCUT2D eigenvalue weighted by Gasteiger charge is -2.17. The van der Waals surface area contributed by atoms with E-state index in [0.717, 1.165) is 11.1 Å². The molecule has 1 aromatic carbocycles. The molecule has 0 aliphatic carbocycles. The molecule has 0 unspecified atom stereocenters. The molecule has 0 aliphatic heterocycles. The maximum atomic E-state index is 13.0. The molecule has 0 aliphatic rings. The van der Waals surface area contributed by atoms with Crippen LogP contribution in [0.5, 0.6) is 0 Å². The van der Waals surface area contributed by atoms with Crippen LogP contribution in [-0.4, -0.2) is 40.3 Å². The van der Waals surface area contributed by atoms with Gasteiger partial charge in [0.1, 0.15) is 11.5 Å². The van der Waals surface area contributed by atoms with Crippen LogP contribution in [0, 0.1) is 5.82 Å². The molecule has 0 bridgehead atoms. The van der Waals surface area contributed by atoms with Crippen LogP contribution in [0.15, 0.2) is 67.1 Å². The number of pyridine rings is 2. The average Bonchev–Trinajstić information content (AvgIpc) is 2.77. The number of nitrogens with zero attached hydrogens (tertiary/aromatic N) is 3. The monoisotopic (exact) mass is 392 g/mol. The maximum absolute atomic E-state index is 13.0. The van der Waals surface area contributed by atoms with Crippen LogP contribution < -0.4 is 5.32 Å². The molecule has 6 nitrogen and oxygen atoms in total. The third kappa shape index (κ3) is 5.68. The first-order chi connectivity index (χ1) is 14.0. The first-order valence-corrected chi connectivity index (χ1v) is 9.16. The van der Waals surface area contributed by atoms with Crippen molar-refractivity contribution < 1.29 is 14.0 Å². The largest absolute Gasteiger partial charge is 0.348 e. The number of halogens is 1. The van der Waals surface area contributed by atoms with Gasteiger partial charge in [-0.2, -0.15) is 0 Å². The van der Waals surface area contributed by atoms with Crippen LogP contribution in [0.3, 0.4) is 0 Å². The molecule has 3 rings (SSSR count). The molecule has 7 heteroatoms. The lowest BCUT2D eigenvalue weighted by Crippen LogP contribution is -2.30. The Morgan fingerprint density at radius 3 is 2.45 bits per heavy atom. The van der Waals surface area contributed by atoms with Gasteiger partial charge in [0.15, 0.2) is 0 Å². The van der Waals surface area contributed by atoms with Crippen LogP contribution in [0.1, 0.15) is 32.0 Å². The summed E-state index contributed by atoms with van der Waals surface area (Å²) in [5.74, 6) is -0.914. The lowest BCUT2D eigenvalue weighted by atomic mass is 10.1. The third-order valence-electron chi connectivity index (χ3n) is 4.44. The highest BCUT2D eigenvalue weighted by molar-refractivity contribution is 5.98. The fourth-order valence-electron chi connectivity index (χ4n) is 2.72. The molecule has 0 saturated heterocycles. The van der Waals surface area contributed by atoms with E-state index in [0.29, 0.717) is 18.5 Å². The van der Waals surface area contributed by atoms with E-state index in [9.17, 15) is 14.0 Å². The highest BCUT2D eigenvalue weighted by Crippen LogP contribution is 2.08.